The first-order valence-corrected chi connectivity index (χ1v) is 11.2. The van der Waals surface area contributed by atoms with Crippen LogP contribution in [0.3, 0.4) is 0 Å². The molecular formula is C25H19FN2O3S. The van der Waals surface area contributed by atoms with Crippen molar-refractivity contribution in [3.63, 3.8) is 0 Å². The van der Waals surface area contributed by atoms with Gasteiger partial charge in [0.2, 0.25) is 0 Å². The average molecular weight is 447 g/mol. The topological polar surface area (TPSA) is 75.3 Å². The number of carbonyl (C=O) groups excluding carboxylic acids is 1. The number of sulfonamides is 1. The molecule has 7 heteroatoms. The summed E-state index contributed by atoms with van der Waals surface area (Å²) in [7, 11) is -3.97. The molecule has 4 aromatic rings. The summed E-state index contributed by atoms with van der Waals surface area (Å²) in [5, 5.41) is 2.74. The first-order valence-electron chi connectivity index (χ1n) is 9.77. The summed E-state index contributed by atoms with van der Waals surface area (Å²) in [4.78, 5) is 12.5. The van der Waals surface area contributed by atoms with Crippen molar-refractivity contribution in [3.8, 4) is 11.1 Å². The van der Waals surface area contributed by atoms with Crippen molar-refractivity contribution in [2.24, 2.45) is 0 Å². The number of anilines is 2. The number of hydrogen-bond donors (Lipinski definition) is 2. The van der Waals surface area contributed by atoms with Gasteiger partial charge in [0.25, 0.3) is 15.9 Å². The minimum Gasteiger partial charge on any atom is -0.322 e. The normalized spacial score (nSPS) is 11.0. The van der Waals surface area contributed by atoms with Gasteiger partial charge in [-0.15, -0.1) is 0 Å². The zero-order valence-corrected chi connectivity index (χ0v) is 17.6. The van der Waals surface area contributed by atoms with Crippen molar-refractivity contribution in [1.82, 2.24) is 0 Å². The first-order chi connectivity index (χ1) is 15.4. The summed E-state index contributed by atoms with van der Waals surface area (Å²) in [5.74, 6) is -0.983. The number of hydrogen-bond acceptors (Lipinski definition) is 3. The van der Waals surface area contributed by atoms with E-state index >= 15 is 0 Å². The van der Waals surface area contributed by atoms with E-state index in [0.717, 1.165) is 11.1 Å². The molecule has 0 saturated heterocycles. The molecule has 4 rings (SSSR count). The van der Waals surface area contributed by atoms with E-state index in [9.17, 15) is 17.6 Å². The lowest BCUT2D eigenvalue weighted by Crippen LogP contribution is -2.15. The number of halogens is 1. The smallest absolute Gasteiger partial charge is 0.261 e. The second-order valence-corrected chi connectivity index (χ2v) is 8.69. The number of para-hydroxylation sites is 1. The summed E-state index contributed by atoms with van der Waals surface area (Å²) in [6.45, 7) is 0. The molecule has 0 bridgehead atoms. The highest BCUT2D eigenvalue weighted by Gasteiger charge is 2.16. The van der Waals surface area contributed by atoms with Crippen LogP contribution in [-0.4, -0.2) is 14.3 Å². The van der Waals surface area contributed by atoms with E-state index in [1.54, 1.807) is 12.1 Å². The third-order valence-electron chi connectivity index (χ3n) is 4.79. The van der Waals surface area contributed by atoms with Gasteiger partial charge < -0.3 is 5.32 Å². The molecule has 0 spiro atoms. The molecule has 4 aromatic carbocycles. The number of benzene rings is 4. The molecule has 0 aliphatic carbocycles. The lowest BCUT2D eigenvalue weighted by molar-refractivity contribution is 0.102. The number of nitrogens with one attached hydrogen (secondary N) is 2. The van der Waals surface area contributed by atoms with Crippen LogP contribution in [0.1, 0.15) is 10.4 Å². The minimum absolute atomic E-state index is 0.0500. The van der Waals surface area contributed by atoms with Crippen LogP contribution >= 0.6 is 0 Å². The third-order valence-corrected chi connectivity index (χ3v) is 6.18. The van der Waals surface area contributed by atoms with Gasteiger partial charge in [0.1, 0.15) is 5.82 Å². The Kier molecular flexibility index (Phi) is 6.00. The van der Waals surface area contributed by atoms with Crippen molar-refractivity contribution in [3.05, 3.63) is 115 Å². The Labute approximate surface area is 185 Å². The molecule has 0 saturated carbocycles. The number of rotatable bonds is 6. The first kappa shape index (κ1) is 21.3. The van der Waals surface area contributed by atoms with Crippen LogP contribution in [0.4, 0.5) is 15.8 Å². The molecule has 0 aromatic heterocycles. The van der Waals surface area contributed by atoms with Crippen LogP contribution in [0, 0.1) is 5.82 Å². The molecule has 0 aliphatic rings. The van der Waals surface area contributed by atoms with Crippen LogP contribution < -0.4 is 10.0 Å². The van der Waals surface area contributed by atoms with Crippen LogP contribution in [0.5, 0.6) is 0 Å². The Bertz CT molecular complexity index is 1340. The quantitative estimate of drug-likeness (QED) is 0.408. The maximum Gasteiger partial charge on any atom is 0.261 e. The molecule has 0 aliphatic heterocycles. The fourth-order valence-corrected chi connectivity index (χ4v) is 4.18. The van der Waals surface area contributed by atoms with E-state index in [2.05, 4.69) is 10.0 Å². The van der Waals surface area contributed by atoms with Gasteiger partial charge in [0.15, 0.2) is 0 Å². The Morgan fingerprint density at radius 3 is 1.94 bits per heavy atom. The molecule has 0 radical (unpaired) electrons. The molecule has 1 amide bonds. The second kappa shape index (κ2) is 9.03. The Balaban J connectivity index is 1.44. The van der Waals surface area contributed by atoms with Gasteiger partial charge in [-0.3, -0.25) is 9.52 Å². The van der Waals surface area contributed by atoms with E-state index in [1.807, 2.05) is 42.5 Å². The Morgan fingerprint density at radius 2 is 1.28 bits per heavy atom. The molecule has 0 fully saturated rings. The fourth-order valence-electron chi connectivity index (χ4n) is 3.11. The number of amides is 1. The molecule has 32 heavy (non-hydrogen) atoms. The largest absolute Gasteiger partial charge is 0.322 e. The van der Waals surface area contributed by atoms with E-state index in [0.29, 0.717) is 11.3 Å². The predicted molar refractivity (Wildman–Crippen MR) is 123 cm³/mol. The standard InChI is InChI=1S/C25H19FN2O3S/c26-23-8-4-5-9-24(23)28-32(30,31)22-16-14-21(15-17-22)27-25(29)20-12-10-19(11-13-20)18-6-2-1-3-7-18/h1-17,28H,(H,27,29). The van der Waals surface area contributed by atoms with Crippen molar-refractivity contribution in [2.45, 2.75) is 4.90 Å². The molecular weight excluding hydrogens is 427 g/mol. The van der Waals surface area contributed by atoms with Gasteiger partial charge >= 0.3 is 0 Å². The van der Waals surface area contributed by atoms with Crippen molar-refractivity contribution < 1.29 is 17.6 Å². The van der Waals surface area contributed by atoms with Crippen LogP contribution in [0.25, 0.3) is 11.1 Å². The highest BCUT2D eigenvalue weighted by molar-refractivity contribution is 7.92. The van der Waals surface area contributed by atoms with E-state index in [-0.39, 0.29) is 16.5 Å². The van der Waals surface area contributed by atoms with Crippen molar-refractivity contribution in [2.75, 3.05) is 10.0 Å². The lowest BCUT2D eigenvalue weighted by Gasteiger charge is -2.10. The average Bonchev–Trinajstić information content (AvgIpc) is 2.81. The summed E-state index contributed by atoms with van der Waals surface area (Å²) < 4.78 is 41.0. The van der Waals surface area contributed by atoms with Crippen LogP contribution in [-0.2, 0) is 10.0 Å². The van der Waals surface area contributed by atoms with Gasteiger partial charge in [0, 0.05) is 11.3 Å². The van der Waals surface area contributed by atoms with Gasteiger partial charge in [-0.2, -0.15) is 0 Å². The number of carbonyl (C=O) groups is 1. The summed E-state index contributed by atoms with van der Waals surface area (Å²) in [5.41, 5.74) is 2.83. The van der Waals surface area contributed by atoms with Gasteiger partial charge in [-0.05, 0) is 59.7 Å². The highest BCUT2D eigenvalue weighted by atomic mass is 32.2. The maximum absolute atomic E-state index is 13.8. The molecule has 0 heterocycles. The molecule has 0 atom stereocenters. The van der Waals surface area contributed by atoms with Crippen LogP contribution in [0.2, 0.25) is 0 Å². The maximum atomic E-state index is 13.8. The van der Waals surface area contributed by atoms with Crippen LogP contribution in [0.15, 0.2) is 108 Å². The Hall–Kier alpha value is -3.97. The Morgan fingerprint density at radius 1 is 0.688 bits per heavy atom. The summed E-state index contributed by atoms with van der Waals surface area (Å²) in [6.07, 6.45) is 0. The van der Waals surface area contributed by atoms with Gasteiger partial charge in [-0.1, -0.05) is 54.6 Å². The zero-order valence-electron chi connectivity index (χ0n) is 16.8. The van der Waals surface area contributed by atoms with Gasteiger partial charge in [0.05, 0.1) is 10.6 Å². The third kappa shape index (κ3) is 4.84. The van der Waals surface area contributed by atoms with E-state index in [1.165, 1.54) is 48.5 Å². The van der Waals surface area contributed by atoms with Gasteiger partial charge in [-0.25, -0.2) is 12.8 Å². The molecule has 2 N–H and O–H groups in total. The summed E-state index contributed by atoms with van der Waals surface area (Å²) >= 11 is 0. The SMILES string of the molecule is O=C(Nc1ccc(S(=O)(=O)Nc2ccccc2F)cc1)c1ccc(-c2ccccc2)cc1. The molecule has 0 unspecified atom stereocenters. The van der Waals surface area contributed by atoms with Crippen molar-refractivity contribution in [1.29, 1.82) is 0 Å². The minimum atomic E-state index is -3.97. The van der Waals surface area contributed by atoms with E-state index < -0.39 is 15.8 Å². The monoisotopic (exact) mass is 446 g/mol. The fraction of sp³-hybridized carbons (Fsp3) is 0. The zero-order chi connectivity index (χ0) is 22.6. The van der Waals surface area contributed by atoms with Crippen molar-refractivity contribution >= 4 is 27.3 Å². The van der Waals surface area contributed by atoms with E-state index in [4.69, 9.17) is 0 Å². The summed E-state index contributed by atoms with van der Waals surface area (Å²) in [6, 6.07) is 28.2. The molecule has 160 valence electrons. The highest BCUT2D eigenvalue weighted by Crippen LogP contribution is 2.22. The lowest BCUT2D eigenvalue weighted by atomic mass is 10.0. The second-order valence-electron chi connectivity index (χ2n) is 7.01. The predicted octanol–water partition coefficient (Wildman–Crippen LogP) is 5.55. The molecule has 5 nitrogen and oxygen atoms in total.